The van der Waals surface area contributed by atoms with E-state index >= 15 is 0 Å². The number of methoxy groups -OCH3 is 1. The number of aromatic nitrogens is 1. The van der Waals surface area contributed by atoms with E-state index in [1.165, 1.54) is 49.6 Å². The number of nitrogens with zero attached hydrogens (tertiary/aromatic N) is 1. The van der Waals surface area contributed by atoms with Gasteiger partial charge in [-0.15, -0.1) is 0 Å². The predicted octanol–water partition coefficient (Wildman–Crippen LogP) is 3.93. The van der Waals surface area contributed by atoms with Crippen LogP contribution in [0.4, 0.5) is 0 Å². The van der Waals surface area contributed by atoms with Crippen LogP contribution in [0, 0.1) is 0 Å². The van der Waals surface area contributed by atoms with Crippen LogP contribution in [-0.4, -0.2) is 31.6 Å². The summed E-state index contributed by atoms with van der Waals surface area (Å²) in [5.74, 6) is 0.0771. The molecule has 0 unspecified atom stereocenters. The third-order valence-corrected chi connectivity index (χ3v) is 6.53. The standard InChI is InChI=1S/C23H17NO5S/c1-29-19-11-12-21-18(13-19)14-22(23(26)17-9-7-16(15-25)8-10-17)24(21)30(27,28)20-5-3-2-4-6-20/h2-15H,1H3. The summed E-state index contributed by atoms with van der Waals surface area (Å²) in [6.07, 6.45) is 0.678. The minimum absolute atomic E-state index is 0.000888. The molecule has 0 saturated heterocycles. The van der Waals surface area contributed by atoms with Crippen molar-refractivity contribution in [1.29, 1.82) is 0 Å². The average Bonchev–Trinajstić information content (AvgIpc) is 3.18. The molecule has 0 spiro atoms. The molecule has 0 aliphatic carbocycles. The van der Waals surface area contributed by atoms with Gasteiger partial charge in [-0.1, -0.05) is 42.5 Å². The minimum Gasteiger partial charge on any atom is -0.497 e. The van der Waals surface area contributed by atoms with E-state index in [0.29, 0.717) is 28.5 Å². The molecule has 150 valence electrons. The predicted molar refractivity (Wildman–Crippen MR) is 113 cm³/mol. The van der Waals surface area contributed by atoms with Crippen molar-refractivity contribution >= 4 is 33.0 Å². The highest BCUT2D eigenvalue weighted by Gasteiger charge is 2.27. The van der Waals surface area contributed by atoms with E-state index in [9.17, 15) is 18.0 Å². The Morgan fingerprint density at radius 1 is 0.933 bits per heavy atom. The summed E-state index contributed by atoms with van der Waals surface area (Å²) in [5.41, 5.74) is 1.07. The second-order valence-corrected chi connectivity index (χ2v) is 8.39. The number of ether oxygens (including phenoxy) is 1. The highest BCUT2D eigenvalue weighted by atomic mass is 32.2. The van der Waals surface area contributed by atoms with Crippen LogP contribution in [0.5, 0.6) is 5.75 Å². The molecule has 1 aromatic heterocycles. The lowest BCUT2D eigenvalue weighted by molar-refractivity contribution is 0.103. The molecule has 0 N–H and O–H groups in total. The molecular formula is C23H17NO5S. The first kappa shape index (κ1) is 19.6. The summed E-state index contributed by atoms with van der Waals surface area (Å²) in [6.45, 7) is 0. The third kappa shape index (κ3) is 3.29. The molecule has 4 aromatic rings. The number of aldehydes is 1. The number of hydrogen-bond acceptors (Lipinski definition) is 5. The van der Waals surface area contributed by atoms with Crippen molar-refractivity contribution in [1.82, 2.24) is 3.97 Å². The molecule has 0 fully saturated rings. The molecule has 7 heteroatoms. The minimum atomic E-state index is -4.04. The highest BCUT2D eigenvalue weighted by Crippen LogP contribution is 2.30. The van der Waals surface area contributed by atoms with E-state index in [2.05, 4.69) is 0 Å². The van der Waals surface area contributed by atoms with Gasteiger partial charge in [-0.05, 0) is 36.4 Å². The number of rotatable bonds is 6. The lowest BCUT2D eigenvalue weighted by Gasteiger charge is -2.12. The first-order chi connectivity index (χ1) is 14.5. The molecule has 0 amide bonds. The monoisotopic (exact) mass is 419 g/mol. The zero-order valence-corrected chi connectivity index (χ0v) is 16.8. The fourth-order valence-corrected chi connectivity index (χ4v) is 4.80. The molecule has 3 aromatic carbocycles. The van der Waals surface area contributed by atoms with Crippen LogP contribution < -0.4 is 4.74 Å². The Labute approximate surface area is 173 Å². The van der Waals surface area contributed by atoms with Crippen molar-refractivity contribution in [2.24, 2.45) is 0 Å². The summed E-state index contributed by atoms with van der Waals surface area (Å²) in [6, 6.07) is 20.5. The van der Waals surface area contributed by atoms with Gasteiger partial charge >= 0.3 is 0 Å². The summed E-state index contributed by atoms with van der Waals surface area (Å²) < 4.78 is 33.2. The third-order valence-electron chi connectivity index (χ3n) is 4.79. The topological polar surface area (TPSA) is 82.4 Å². The van der Waals surface area contributed by atoms with Crippen LogP contribution in [0.25, 0.3) is 10.9 Å². The number of ketones is 1. The van der Waals surface area contributed by atoms with Gasteiger partial charge in [0.1, 0.15) is 17.7 Å². The smallest absolute Gasteiger partial charge is 0.268 e. The van der Waals surface area contributed by atoms with E-state index in [0.717, 1.165) is 3.97 Å². The van der Waals surface area contributed by atoms with Gasteiger partial charge < -0.3 is 4.74 Å². The van der Waals surface area contributed by atoms with Gasteiger partial charge in [-0.2, -0.15) is 0 Å². The Kier molecular flexibility index (Phi) is 4.97. The summed E-state index contributed by atoms with van der Waals surface area (Å²) >= 11 is 0. The van der Waals surface area contributed by atoms with Gasteiger partial charge in [0.25, 0.3) is 10.0 Å². The van der Waals surface area contributed by atoms with Crippen LogP contribution >= 0.6 is 0 Å². The van der Waals surface area contributed by atoms with Gasteiger partial charge in [0, 0.05) is 16.5 Å². The zero-order valence-electron chi connectivity index (χ0n) is 16.0. The fraction of sp³-hybridized carbons (Fsp3) is 0.0435. The summed E-state index contributed by atoms with van der Waals surface area (Å²) in [5, 5.41) is 0.557. The van der Waals surface area contributed by atoms with E-state index in [1.54, 1.807) is 36.4 Å². The first-order valence-electron chi connectivity index (χ1n) is 9.06. The molecule has 0 aliphatic heterocycles. The number of carbonyl (C=O) groups is 2. The van der Waals surface area contributed by atoms with Gasteiger partial charge in [0.15, 0.2) is 0 Å². The Balaban J connectivity index is 1.97. The molecule has 0 saturated carbocycles. The second-order valence-electron chi connectivity index (χ2n) is 6.61. The van der Waals surface area contributed by atoms with Crippen molar-refractivity contribution < 1.29 is 22.7 Å². The normalized spacial score (nSPS) is 11.4. The van der Waals surface area contributed by atoms with Gasteiger partial charge in [-0.3, -0.25) is 9.59 Å². The average molecular weight is 419 g/mol. The molecule has 4 rings (SSSR count). The summed E-state index contributed by atoms with van der Waals surface area (Å²) in [4.78, 5) is 24.2. The molecule has 0 bridgehead atoms. The van der Waals surface area contributed by atoms with Crippen molar-refractivity contribution in [3.63, 3.8) is 0 Å². The zero-order chi connectivity index (χ0) is 21.3. The van der Waals surface area contributed by atoms with Gasteiger partial charge in [-0.25, -0.2) is 12.4 Å². The van der Waals surface area contributed by atoms with Crippen molar-refractivity contribution in [3.05, 3.63) is 95.7 Å². The Bertz CT molecular complexity index is 1350. The fourth-order valence-electron chi connectivity index (χ4n) is 3.27. The maximum Gasteiger partial charge on any atom is 0.268 e. The van der Waals surface area contributed by atoms with Crippen LogP contribution in [-0.2, 0) is 10.0 Å². The number of benzene rings is 3. The van der Waals surface area contributed by atoms with Crippen molar-refractivity contribution in [3.8, 4) is 5.75 Å². The van der Waals surface area contributed by atoms with Crippen LogP contribution in [0.15, 0.2) is 83.8 Å². The van der Waals surface area contributed by atoms with Crippen LogP contribution in [0.1, 0.15) is 26.4 Å². The largest absolute Gasteiger partial charge is 0.497 e. The SMILES string of the molecule is COc1ccc2c(c1)cc(C(=O)c1ccc(C=O)cc1)n2S(=O)(=O)c1ccccc1. The van der Waals surface area contributed by atoms with Crippen molar-refractivity contribution in [2.75, 3.05) is 7.11 Å². The Hall–Kier alpha value is -3.71. The maximum absolute atomic E-state index is 13.5. The van der Waals surface area contributed by atoms with E-state index in [-0.39, 0.29) is 16.2 Å². The quantitative estimate of drug-likeness (QED) is 0.349. The lowest BCUT2D eigenvalue weighted by atomic mass is 10.1. The Morgan fingerprint density at radius 3 is 2.27 bits per heavy atom. The number of hydrogen-bond donors (Lipinski definition) is 0. The van der Waals surface area contributed by atoms with Crippen LogP contribution in [0.3, 0.4) is 0 Å². The highest BCUT2D eigenvalue weighted by molar-refractivity contribution is 7.90. The van der Waals surface area contributed by atoms with E-state index < -0.39 is 15.8 Å². The van der Waals surface area contributed by atoms with E-state index in [4.69, 9.17) is 4.74 Å². The Morgan fingerprint density at radius 2 is 1.63 bits per heavy atom. The lowest BCUT2D eigenvalue weighted by Crippen LogP contribution is -2.19. The van der Waals surface area contributed by atoms with E-state index in [1.807, 2.05) is 0 Å². The number of fused-ring (bicyclic) bond motifs is 1. The molecular weight excluding hydrogens is 402 g/mol. The molecule has 0 radical (unpaired) electrons. The number of carbonyl (C=O) groups excluding carboxylic acids is 2. The van der Waals surface area contributed by atoms with Crippen LogP contribution in [0.2, 0.25) is 0 Å². The molecule has 0 atom stereocenters. The molecule has 1 heterocycles. The van der Waals surface area contributed by atoms with Gasteiger partial charge in [0.05, 0.1) is 17.5 Å². The maximum atomic E-state index is 13.5. The molecule has 6 nitrogen and oxygen atoms in total. The molecule has 0 aliphatic rings. The summed E-state index contributed by atoms with van der Waals surface area (Å²) in [7, 11) is -2.53. The molecule has 30 heavy (non-hydrogen) atoms. The second kappa shape index (κ2) is 7.61. The van der Waals surface area contributed by atoms with Crippen molar-refractivity contribution in [2.45, 2.75) is 4.90 Å². The van der Waals surface area contributed by atoms with Gasteiger partial charge in [0.2, 0.25) is 5.78 Å². The first-order valence-corrected chi connectivity index (χ1v) is 10.5.